The molecule has 0 N–H and O–H groups in total. The van der Waals surface area contributed by atoms with E-state index in [0.717, 1.165) is 5.56 Å². The molecule has 0 heterocycles. The molecule has 17 heavy (non-hydrogen) atoms. The Morgan fingerprint density at radius 3 is 2.35 bits per heavy atom. The lowest BCUT2D eigenvalue weighted by Gasteiger charge is -2.28. The van der Waals surface area contributed by atoms with Crippen molar-refractivity contribution in [3.8, 4) is 6.07 Å². The third kappa shape index (κ3) is 3.07. The molecule has 0 aromatic heterocycles. The van der Waals surface area contributed by atoms with Crippen molar-refractivity contribution in [1.29, 1.82) is 5.26 Å². The third-order valence-corrected chi connectivity index (χ3v) is 2.95. The average Bonchev–Trinajstić information content (AvgIpc) is 2.39. The number of benzene rings is 1. The molecule has 0 radical (unpaired) electrons. The number of nitriles is 1. The molecular weight excluding hydrogens is 212 g/mol. The van der Waals surface area contributed by atoms with Crippen LogP contribution in [0.15, 0.2) is 24.3 Å². The Bertz CT molecular complexity index is 417. The first-order valence-electron chi connectivity index (χ1n) is 5.93. The van der Waals surface area contributed by atoms with Gasteiger partial charge in [-0.05, 0) is 31.5 Å². The van der Waals surface area contributed by atoms with Crippen molar-refractivity contribution in [1.82, 2.24) is 4.90 Å². The molecule has 0 aliphatic heterocycles. The Labute approximate surface area is 103 Å². The maximum Gasteiger partial charge on any atom is 0.222 e. The molecule has 1 aromatic carbocycles. The molecule has 0 spiro atoms. The third-order valence-electron chi connectivity index (χ3n) is 2.95. The summed E-state index contributed by atoms with van der Waals surface area (Å²) < 4.78 is 0. The fourth-order valence-electron chi connectivity index (χ4n) is 1.89. The van der Waals surface area contributed by atoms with E-state index in [1.807, 2.05) is 37.8 Å². The summed E-state index contributed by atoms with van der Waals surface area (Å²) in [7, 11) is 0. The van der Waals surface area contributed by atoms with E-state index >= 15 is 0 Å². The van der Waals surface area contributed by atoms with Gasteiger partial charge in [0.15, 0.2) is 0 Å². The SMILES string of the molecule is CCC(=O)N(CC)[C@@H](C)c1ccc(C#N)cc1. The van der Waals surface area contributed by atoms with E-state index in [-0.39, 0.29) is 11.9 Å². The number of amides is 1. The van der Waals surface area contributed by atoms with Gasteiger partial charge in [-0.3, -0.25) is 4.79 Å². The van der Waals surface area contributed by atoms with Crippen molar-refractivity contribution in [2.24, 2.45) is 0 Å². The largest absolute Gasteiger partial charge is 0.336 e. The molecule has 0 saturated carbocycles. The number of carbonyl (C=O) groups excluding carboxylic acids is 1. The molecule has 1 aromatic rings. The van der Waals surface area contributed by atoms with Gasteiger partial charge in [-0.15, -0.1) is 0 Å². The zero-order chi connectivity index (χ0) is 12.8. The maximum absolute atomic E-state index is 11.8. The number of hydrogen-bond donors (Lipinski definition) is 0. The molecule has 0 unspecified atom stereocenters. The minimum absolute atomic E-state index is 0.0557. The molecular formula is C14H18N2O. The first-order valence-corrected chi connectivity index (χ1v) is 5.93. The predicted octanol–water partition coefficient (Wildman–Crippen LogP) is 2.88. The van der Waals surface area contributed by atoms with E-state index in [1.165, 1.54) is 0 Å². The second kappa shape index (κ2) is 6.05. The van der Waals surface area contributed by atoms with Gasteiger partial charge in [0, 0.05) is 13.0 Å². The summed E-state index contributed by atoms with van der Waals surface area (Å²) in [5.74, 6) is 0.157. The van der Waals surface area contributed by atoms with Crippen LogP contribution in [0.4, 0.5) is 0 Å². The van der Waals surface area contributed by atoms with Crippen LogP contribution < -0.4 is 0 Å². The highest BCUT2D eigenvalue weighted by Crippen LogP contribution is 2.21. The Morgan fingerprint density at radius 2 is 1.94 bits per heavy atom. The van der Waals surface area contributed by atoms with Crippen LogP contribution in [0.3, 0.4) is 0 Å². The summed E-state index contributed by atoms with van der Waals surface area (Å²) in [6.07, 6.45) is 0.522. The number of carbonyl (C=O) groups is 1. The summed E-state index contributed by atoms with van der Waals surface area (Å²) in [6.45, 7) is 6.57. The normalized spacial score (nSPS) is 11.6. The van der Waals surface area contributed by atoms with Gasteiger partial charge in [0.2, 0.25) is 5.91 Å². The van der Waals surface area contributed by atoms with Crippen molar-refractivity contribution in [3.63, 3.8) is 0 Å². The Balaban J connectivity index is 2.90. The van der Waals surface area contributed by atoms with Gasteiger partial charge in [0.05, 0.1) is 17.7 Å². The van der Waals surface area contributed by atoms with E-state index in [2.05, 4.69) is 6.07 Å². The Hall–Kier alpha value is -1.82. The summed E-state index contributed by atoms with van der Waals surface area (Å²) in [6, 6.07) is 9.54. The summed E-state index contributed by atoms with van der Waals surface area (Å²) in [5, 5.41) is 8.73. The molecule has 0 fully saturated rings. The summed E-state index contributed by atoms with van der Waals surface area (Å²) in [4.78, 5) is 13.6. The predicted molar refractivity (Wildman–Crippen MR) is 67.3 cm³/mol. The van der Waals surface area contributed by atoms with Crippen molar-refractivity contribution in [3.05, 3.63) is 35.4 Å². The Morgan fingerprint density at radius 1 is 1.35 bits per heavy atom. The fourth-order valence-corrected chi connectivity index (χ4v) is 1.89. The van der Waals surface area contributed by atoms with E-state index in [0.29, 0.717) is 18.5 Å². The van der Waals surface area contributed by atoms with Gasteiger partial charge >= 0.3 is 0 Å². The van der Waals surface area contributed by atoms with E-state index in [9.17, 15) is 4.79 Å². The summed E-state index contributed by atoms with van der Waals surface area (Å²) >= 11 is 0. The smallest absolute Gasteiger partial charge is 0.222 e. The molecule has 0 saturated heterocycles. The monoisotopic (exact) mass is 230 g/mol. The van der Waals surface area contributed by atoms with Crippen molar-refractivity contribution in [2.75, 3.05) is 6.54 Å². The van der Waals surface area contributed by atoms with Crippen LogP contribution in [0.5, 0.6) is 0 Å². The molecule has 1 amide bonds. The highest BCUT2D eigenvalue weighted by Gasteiger charge is 2.18. The topological polar surface area (TPSA) is 44.1 Å². The lowest BCUT2D eigenvalue weighted by Crippen LogP contribution is -2.32. The zero-order valence-electron chi connectivity index (χ0n) is 10.6. The van der Waals surface area contributed by atoms with Crippen LogP contribution in [0, 0.1) is 11.3 Å². The molecule has 0 aliphatic rings. The minimum Gasteiger partial charge on any atom is -0.336 e. The number of nitrogens with zero attached hydrogens (tertiary/aromatic N) is 2. The first kappa shape index (κ1) is 13.2. The average molecular weight is 230 g/mol. The first-order chi connectivity index (χ1) is 8.13. The van der Waals surface area contributed by atoms with Crippen LogP contribution in [0.1, 0.15) is 44.4 Å². The van der Waals surface area contributed by atoms with Crippen LogP contribution >= 0.6 is 0 Å². The maximum atomic E-state index is 11.8. The molecule has 1 rings (SSSR count). The van der Waals surface area contributed by atoms with Crippen LogP contribution in [0.2, 0.25) is 0 Å². The quantitative estimate of drug-likeness (QED) is 0.798. The molecule has 0 aliphatic carbocycles. The highest BCUT2D eigenvalue weighted by molar-refractivity contribution is 5.76. The van der Waals surface area contributed by atoms with Crippen LogP contribution in [-0.2, 0) is 4.79 Å². The van der Waals surface area contributed by atoms with E-state index in [1.54, 1.807) is 12.1 Å². The van der Waals surface area contributed by atoms with Gasteiger partial charge in [-0.2, -0.15) is 5.26 Å². The molecule has 1 atom stereocenters. The van der Waals surface area contributed by atoms with Gasteiger partial charge in [0.1, 0.15) is 0 Å². The van der Waals surface area contributed by atoms with Crippen molar-refractivity contribution in [2.45, 2.75) is 33.2 Å². The van der Waals surface area contributed by atoms with Gasteiger partial charge < -0.3 is 4.90 Å². The Kier molecular flexibility index (Phi) is 4.71. The molecule has 3 heteroatoms. The van der Waals surface area contributed by atoms with Gasteiger partial charge in [-0.1, -0.05) is 19.1 Å². The second-order valence-corrected chi connectivity index (χ2v) is 3.94. The molecule has 0 bridgehead atoms. The van der Waals surface area contributed by atoms with Crippen molar-refractivity contribution < 1.29 is 4.79 Å². The van der Waals surface area contributed by atoms with E-state index < -0.39 is 0 Å². The number of rotatable bonds is 4. The zero-order valence-corrected chi connectivity index (χ0v) is 10.6. The lowest BCUT2D eigenvalue weighted by atomic mass is 10.0. The van der Waals surface area contributed by atoms with Crippen molar-refractivity contribution >= 4 is 5.91 Å². The second-order valence-electron chi connectivity index (χ2n) is 3.94. The van der Waals surface area contributed by atoms with Gasteiger partial charge in [0.25, 0.3) is 0 Å². The summed E-state index contributed by atoms with van der Waals surface area (Å²) in [5.41, 5.74) is 1.71. The highest BCUT2D eigenvalue weighted by atomic mass is 16.2. The van der Waals surface area contributed by atoms with Crippen LogP contribution in [-0.4, -0.2) is 17.4 Å². The molecule has 3 nitrogen and oxygen atoms in total. The van der Waals surface area contributed by atoms with Crippen LogP contribution in [0.25, 0.3) is 0 Å². The van der Waals surface area contributed by atoms with E-state index in [4.69, 9.17) is 5.26 Å². The lowest BCUT2D eigenvalue weighted by molar-refractivity contribution is -0.132. The standard InChI is InChI=1S/C14H18N2O/c1-4-14(17)16(5-2)11(3)13-8-6-12(10-15)7-9-13/h6-9,11H,4-5H2,1-3H3/t11-/m0/s1. The van der Waals surface area contributed by atoms with Gasteiger partial charge in [-0.25, -0.2) is 0 Å². The minimum atomic E-state index is 0.0557. The number of hydrogen-bond acceptors (Lipinski definition) is 2. The fraction of sp³-hybridized carbons (Fsp3) is 0.429. The molecule has 90 valence electrons.